The van der Waals surface area contributed by atoms with Crippen LogP contribution in [-0.4, -0.2) is 23.2 Å². The quantitative estimate of drug-likeness (QED) is 0.783. The van der Waals surface area contributed by atoms with Gasteiger partial charge in [-0.15, -0.1) is 0 Å². The van der Waals surface area contributed by atoms with E-state index in [1.54, 1.807) is 12.3 Å². The van der Waals surface area contributed by atoms with E-state index in [1.807, 2.05) is 13.8 Å². The summed E-state index contributed by atoms with van der Waals surface area (Å²) in [5, 5.41) is 12.2. The van der Waals surface area contributed by atoms with E-state index in [-0.39, 0.29) is 12.0 Å². The van der Waals surface area contributed by atoms with Crippen molar-refractivity contribution in [2.75, 3.05) is 24.2 Å². The van der Waals surface area contributed by atoms with Crippen molar-refractivity contribution in [2.24, 2.45) is 5.41 Å². The Morgan fingerprint density at radius 1 is 1.60 bits per heavy atom. The zero-order valence-corrected chi connectivity index (χ0v) is 10.5. The van der Waals surface area contributed by atoms with Gasteiger partial charge >= 0.3 is 0 Å². The van der Waals surface area contributed by atoms with Gasteiger partial charge in [0.15, 0.2) is 0 Å². The third kappa shape index (κ3) is 3.68. The average Bonchev–Trinajstić information content (AvgIpc) is 2.16. The minimum Gasteiger partial charge on any atom is -0.396 e. The van der Waals surface area contributed by atoms with E-state index in [0.717, 1.165) is 4.47 Å². The highest BCUT2D eigenvalue weighted by atomic mass is 79.9. The molecule has 0 aliphatic rings. The Morgan fingerprint density at radius 2 is 2.27 bits per heavy atom. The first-order valence-electron chi connectivity index (χ1n) is 4.70. The van der Waals surface area contributed by atoms with Gasteiger partial charge in [0, 0.05) is 29.2 Å². The summed E-state index contributed by atoms with van der Waals surface area (Å²) in [6, 6.07) is 1.79. The van der Waals surface area contributed by atoms with Crippen molar-refractivity contribution in [3.8, 4) is 0 Å². The smallest absolute Gasteiger partial charge is 0.149 e. The highest BCUT2D eigenvalue weighted by Gasteiger charge is 2.16. The highest BCUT2D eigenvalue weighted by Crippen LogP contribution is 2.21. The summed E-state index contributed by atoms with van der Waals surface area (Å²) in [5.41, 5.74) is 6.19. The standard InChI is InChI=1S/C10H16BrN3O/c1-10(2,6-15)5-14-9-8(12)3-7(11)4-13-9/h3-4,15H,5-6,12H2,1-2H3,(H,13,14). The molecule has 1 rings (SSSR count). The first-order chi connectivity index (χ1) is 6.94. The maximum atomic E-state index is 9.09. The predicted octanol–water partition coefficient (Wildman–Crippen LogP) is 1.86. The summed E-state index contributed by atoms with van der Waals surface area (Å²) < 4.78 is 0.854. The van der Waals surface area contributed by atoms with Crippen LogP contribution in [0.1, 0.15) is 13.8 Å². The second-order valence-electron chi connectivity index (χ2n) is 4.27. The summed E-state index contributed by atoms with van der Waals surface area (Å²) >= 11 is 3.29. The maximum Gasteiger partial charge on any atom is 0.149 e. The van der Waals surface area contributed by atoms with E-state index in [0.29, 0.717) is 18.1 Å². The van der Waals surface area contributed by atoms with Crippen molar-refractivity contribution in [1.82, 2.24) is 4.98 Å². The largest absolute Gasteiger partial charge is 0.396 e. The van der Waals surface area contributed by atoms with Gasteiger partial charge in [-0.3, -0.25) is 0 Å². The van der Waals surface area contributed by atoms with Gasteiger partial charge in [0.05, 0.1) is 5.69 Å². The third-order valence-electron chi connectivity index (χ3n) is 2.05. The number of nitrogens with zero attached hydrogens (tertiary/aromatic N) is 1. The molecule has 15 heavy (non-hydrogen) atoms. The summed E-state index contributed by atoms with van der Waals surface area (Å²) in [4.78, 5) is 4.15. The SMILES string of the molecule is CC(C)(CO)CNc1ncc(Br)cc1N. The lowest BCUT2D eigenvalue weighted by atomic mass is 9.95. The van der Waals surface area contributed by atoms with E-state index >= 15 is 0 Å². The second-order valence-corrected chi connectivity index (χ2v) is 5.18. The van der Waals surface area contributed by atoms with Crippen molar-refractivity contribution < 1.29 is 5.11 Å². The van der Waals surface area contributed by atoms with Crippen LogP contribution in [0.4, 0.5) is 11.5 Å². The van der Waals surface area contributed by atoms with Crippen LogP contribution in [0.15, 0.2) is 16.7 Å². The molecule has 0 saturated carbocycles. The molecule has 1 aromatic heterocycles. The number of pyridine rings is 1. The molecule has 0 unspecified atom stereocenters. The number of halogens is 1. The van der Waals surface area contributed by atoms with Gasteiger partial charge in [-0.1, -0.05) is 13.8 Å². The lowest BCUT2D eigenvalue weighted by Gasteiger charge is -2.22. The van der Waals surface area contributed by atoms with Gasteiger partial charge in [0.2, 0.25) is 0 Å². The van der Waals surface area contributed by atoms with Crippen LogP contribution in [0.2, 0.25) is 0 Å². The van der Waals surface area contributed by atoms with Gasteiger partial charge in [-0.25, -0.2) is 4.98 Å². The number of aromatic nitrogens is 1. The number of hydrogen-bond donors (Lipinski definition) is 3. The van der Waals surface area contributed by atoms with Crippen molar-refractivity contribution >= 4 is 27.4 Å². The highest BCUT2D eigenvalue weighted by molar-refractivity contribution is 9.10. The average molecular weight is 274 g/mol. The number of nitrogens with one attached hydrogen (secondary N) is 1. The molecule has 0 aliphatic carbocycles. The van der Waals surface area contributed by atoms with E-state index in [4.69, 9.17) is 10.8 Å². The van der Waals surface area contributed by atoms with Crippen LogP contribution in [0.25, 0.3) is 0 Å². The molecule has 0 saturated heterocycles. The monoisotopic (exact) mass is 273 g/mol. The molecular weight excluding hydrogens is 258 g/mol. The maximum absolute atomic E-state index is 9.09. The van der Waals surface area contributed by atoms with Gasteiger partial charge in [-0.2, -0.15) is 0 Å². The minimum atomic E-state index is -0.179. The Kier molecular flexibility index (Phi) is 3.93. The van der Waals surface area contributed by atoms with Gasteiger partial charge < -0.3 is 16.2 Å². The molecule has 0 aromatic carbocycles. The Hall–Kier alpha value is -0.810. The molecule has 5 heteroatoms. The zero-order chi connectivity index (χ0) is 11.5. The molecule has 4 nitrogen and oxygen atoms in total. The van der Waals surface area contributed by atoms with Crippen molar-refractivity contribution in [2.45, 2.75) is 13.8 Å². The summed E-state index contributed by atoms with van der Waals surface area (Å²) in [7, 11) is 0. The fourth-order valence-corrected chi connectivity index (χ4v) is 1.33. The summed E-state index contributed by atoms with van der Waals surface area (Å²) in [6.45, 7) is 4.68. The van der Waals surface area contributed by atoms with Crippen LogP contribution < -0.4 is 11.1 Å². The van der Waals surface area contributed by atoms with E-state index in [2.05, 4.69) is 26.2 Å². The fourth-order valence-electron chi connectivity index (χ4n) is 0.982. The lowest BCUT2D eigenvalue weighted by molar-refractivity contribution is 0.171. The second kappa shape index (κ2) is 4.81. The minimum absolute atomic E-state index is 0.121. The number of nitrogen functional groups attached to an aromatic ring is 1. The zero-order valence-electron chi connectivity index (χ0n) is 8.92. The molecule has 0 fully saturated rings. The summed E-state index contributed by atoms with van der Waals surface area (Å²) in [5.74, 6) is 0.653. The molecule has 1 aromatic rings. The number of aliphatic hydroxyl groups is 1. The van der Waals surface area contributed by atoms with E-state index in [1.165, 1.54) is 0 Å². The van der Waals surface area contributed by atoms with Gasteiger partial charge in [0.1, 0.15) is 5.82 Å². The van der Waals surface area contributed by atoms with Crippen LogP contribution in [0.3, 0.4) is 0 Å². The Balaban J connectivity index is 2.66. The Bertz CT molecular complexity index is 341. The van der Waals surface area contributed by atoms with Crippen LogP contribution in [-0.2, 0) is 0 Å². The molecule has 1 heterocycles. The molecule has 0 spiro atoms. The molecular formula is C10H16BrN3O. The van der Waals surface area contributed by atoms with Gasteiger partial charge in [0.25, 0.3) is 0 Å². The van der Waals surface area contributed by atoms with E-state index in [9.17, 15) is 0 Å². The van der Waals surface area contributed by atoms with E-state index < -0.39 is 0 Å². The molecule has 4 N–H and O–H groups in total. The molecule has 0 aliphatic heterocycles. The number of anilines is 2. The number of nitrogens with two attached hydrogens (primary N) is 1. The molecule has 0 radical (unpaired) electrons. The van der Waals surface area contributed by atoms with Gasteiger partial charge in [-0.05, 0) is 22.0 Å². The number of hydrogen-bond acceptors (Lipinski definition) is 4. The Morgan fingerprint density at radius 3 is 2.80 bits per heavy atom. The molecule has 0 amide bonds. The summed E-state index contributed by atoms with van der Waals surface area (Å²) in [6.07, 6.45) is 1.69. The van der Waals surface area contributed by atoms with Crippen molar-refractivity contribution in [3.63, 3.8) is 0 Å². The third-order valence-corrected chi connectivity index (χ3v) is 2.48. The first-order valence-corrected chi connectivity index (χ1v) is 5.50. The lowest BCUT2D eigenvalue weighted by Crippen LogP contribution is -2.27. The molecule has 0 atom stereocenters. The normalized spacial score (nSPS) is 11.5. The Labute approximate surface area is 98.0 Å². The van der Waals surface area contributed by atoms with Crippen molar-refractivity contribution in [1.29, 1.82) is 0 Å². The van der Waals surface area contributed by atoms with Crippen molar-refractivity contribution in [3.05, 3.63) is 16.7 Å². The van der Waals surface area contributed by atoms with Crippen LogP contribution in [0, 0.1) is 5.41 Å². The fraction of sp³-hybridized carbons (Fsp3) is 0.500. The molecule has 84 valence electrons. The molecule has 0 bridgehead atoms. The van der Waals surface area contributed by atoms with Crippen LogP contribution in [0.5, 0.6) is 0 Å². The first kappa shape index (κ1) is 12.3. The predicted molar refractivity (Wildman–Crippen MR) is 65.7 cm³/mol. The number of rotatable bonds is 4. The topological polar surface area (TPSA) is 71.2 Å². The van der Waals surface area contributed by atoms with Crippen LogP contribution >= 0.6 is 15.9 Å². The number of aliphatic hydroxyl groups excluding tert-OH is 1.